The molecule has 3 rings (SSSR count). The monoisotopic (exact) mass is 390 g/mol. The van der Waals surface area contributed by atoms with E-state index < -0.39 is 0 Å². The van der Waals surface area contributed by atoms with E-state index in [0.29, 0.717) is 23.6 Å². The molecule has 1 heterocycles. The maximum Gasteiger partial charge on any atom is 0.255 e. The van der Waals surface area contributed by atoms with Crippen LogP contribution in [0.15, 0.2) is 71.1 Å². The molecule has 0 radical (unpaired) electrons. The molecule has 5 heteroatoms. The lowest BCUT2D eigenvalue weighted by atomic mass is 9.88. The zero-order chi connectivity index (χ0) is 20.6. The summed E-state index contributed by atoms with van der Waals surface area (Å²) < 4.78 is 5.36. The Bertz CT molecular complexity index is 909. The molecule has 0 unspecified atom stereocenters. The molecule has 2 N–H and O–H groups in total. The summed E-state index contributed by atoms with van der Waals surface area (Å²) in [4.78, 5) is 24.4. The van der Waals surface area contributed by atoms with Crippen molar-refractivity contribution in [1.29, 1.82) is 0 Å². The Morgan fingerprint density at radius 1 is 0.897 bits per heavy atom. The quantitative estimate of drug-likeness (QED) is 0.611. The lowest BCUT2D eigenvalue weighted by Gasteiger charge is -2.18. The van der Waals surface area contributed by atoms with Crippen molar-refractivity contribution in [2.24, 2.45) is 0 Å². The minimum absolute atomic E-state index is 0.0656. The SMILES string of the molecule is Cc1cc(C(=O)NCC(=O)NCCC(c2ccccc2)c2ccccc2)c(C)o1. The molecule has 0 saturated heterocycles. The van der Waals surface area contributed by atoms with Crippen LogP contribution in [0.2, 0.25) is 0 Å². The fourth-order valence-corrected chi connectivity index (χ4v) is 3.43. The predicted molar refractivity (Wildman–Crippen MR) is 113 cm³/mol. The van der Waals surface area contributed by atoms with Crippen molar-refractivity contribution in [3.05, 3.63) is 94.9 Å². The molecule has 0 atom stereocenters. The third-order valence-corrected chi connectivity index (χ3v) is 4.85. The van der Waals surface area contributed by atoms with Crippen LogP contribution in [0.25, 0.3) is 0 Å². The molecule has 5 nitrogen and oxygen atoms in total. The van der Waals surface area contributed by atoms with Gasteiger partial charge in [-0.15, -0.1) is 0 Å². The summed E-state index contributed by atoms with van der Waals surface area (Å²) in [7, 11) is 0. The van der Waals surface area contributed by atoms with Crippen molar-refractivity contribution < 1.29 is 14.0 Å². The van der Waals surface area contributed by atoms with Gasteiger partial charge in [-0.2, -0.15) is 0 Å². The first-order valence-electron chi connectivity index (χ1n) is 9.76. The molecule has 0 bridgehead atoms. The largest absolute Gasteiger partial charge is 0.466 e. The number of amides is 2. The Morgan fingerprint density at radius 2 is 1.48 bits per heavy atom. The third-order valence-electron chi connectivity index (χ3n) is 4.85. The van der Waals surface area contributed by atoms with E-state index in [1.165, 1.54) is 11.1 Å². The first-order chi connectivity index (χ1) is 14.0. The van der Waals surface area contributed by atoms with Crippen LogP contribution in [0.1, 0.15) is 45.3 Å². The van der Waals surface area contributed by atoms with Crippen LogP contribution in [-0.2, 0) is 4.79 Å². The number of carbonyl (C=O) groups is 2. The predicted octanol–water partition coefficient (Wildman–Crippen LogP) is 3.96. The van der Waals surface area contributed by atoms with E-state index >= 15 is 0 Å². The summed E-state index contributed by atoms with van der Waals surface area (Å²) in [5, 5.41) is 5.55. The first-order valence-corrected chi connectivity index (χ1v) is 9.76. The van der Waals surface area contributed by atoms with Gasteiger partial charge in [0.25, 0.3) is 5.91 Å². The summed E-state index contributed by atoms with van der Waals surface area (Å²) in [5.74, 6) is 0.903. The molecule has 0 fully saturated rings. The van der Waals surface area contributed by atoms with Crippen LogP contribution in [0, 0.1) is 13.8 Å². The van der Waals surface area contributed by atoms with E-state index in [0.717, 1.165) is 6.42 Å². The molecule has 0 spiro atoms. The molecule has 3 aromatic rings. The molecule has 0 aliphatic rings. The second-order valence-electron chi connectivity index (χ2n) is 7.02. The van der Waals surface area contributed by atoms with Gasteiger partial charge in [0.05, 0.1) is 12.1 Å². The lowest BCUT2D eigenvalue weighted by Crippen LogP contribution is -2.37. The van der Waals surface area contributed by atoms with Crippen molar-refractivity contribution >= 4 is 11.8 Å². The molecule has 0 aliphatic heterocycles. The van der Waals surface area contributed by atoms with Gasteiger partial charge in [-0.1, -0.05) is 60.7 Å². The Kier molecular flexibility index (Phi) is 6.85. The highest BCUT2D eigenvalue weighted by atomic mass is 16.3. The number of hydrogen-bond acceptors (Lipinski definition) is 3. The second kappa shape index (κ2) is 9.73. The topological polar surface area (TPSA) is 71.3 Å². The number of nitrogens with one attached hydrogen (secondary N) is 2. The Balaban J connectivity index is 1.52. The number of rotatable bonds is 8. The fraction of sp³-hybridized carbons (Fsp3) is 0.250. The van der Waals surface area contributed by atoms with Gasteiger partial charge in [-0.3, -0.25) is 9.59 Å². The smallest absolute Gasteiger partial charge is 0.255 e. The van der Waals surface area contributed by atoms with Gasteiger partial charge >= 0.3 is 0 Å². The van der Waals surface area contributed by atoms with E-state index in [-0.39, 0.29) is 24.3 Å². The van der Waals surface area contributed by atoms with E-state index in [4.69, 9.17) is 4.42 Å². The number of carbonyl (C=O) groups excluding carboxylic acids is 2. The fourth-order valence-electron chi connectivity index (χ4n) is 3.43. The number of furan rings is 1. The number of hydrogen-bond donors (Lipinski definition) is 2. The Morgan fingerprint density at radius 3 is 2.00 bits per heavy atom. The van der Waals surface area contributed by atoms with Crippen molar-refractivity contribution in [3.8, 4) is 0 Å². The molecule has 0 saturated carbocycles. The van der Waals surface area contributed by atoms with E-state index in [2.05, 4.69) is 34.9 Å². The molecular weight excluding hydrogens is 364 g/mol. The second-order valence-corrected chi connectivity index (χ2v) is 7.02. The van der Waals surface area contributed by atoms with Crippen molar-refractivity contribution in [2.75, 3.05) is 13.1 Å². The third kappa shape index (κ3) is 5.57. The van der Waals surface area contributed by atoms with Crippen molar-refractivity contribution in [3.63, 3.8) is 0 Å². The van der Waals surface area contributed by atoms with Gasteiger partial charge in [0.2, 0.25) is 5.91 Å². The Hall–Kier alpha value is -3.34. The van der Waals surface area contributed by atoms with E-state index in [9.17, 15) is 9.59 Å². The van der Waals surface area contributed by atoms with Gasteiger partial charge in [-0.25, -0.2) is 0 Å². The maximum absolute atomic E-state index is 12.2. The van der Waals surface area contributed by atoms with Gasteiger partial charge in [0, 0.05) is 12.5 Å². The normalized spacial score (nSPS) is 10.7. The van der Waals surface area contributed by atoms with Gasteiger partial charge in [0.1, 0.15) is 11.5 Å². The molecule has 2 amide bonds. The van der Waals surface area contributed by atoms with Crippen molar-refractivity contribution in [1.82, 2.24) is 10.6 Å². The molecule has 2 aromatic carbocycles. The van der Waals surface area contributed by atoms with E-state index in [1.54, 1.807) is 19.9 Å². The van der Waals surface area contributed by atoms with Crippen LogP contribution >= 0.6 is 0 Å². The van der Waals surface area contributed by atoms with Gasteiger partial charge < -0.3 is 15.1 Å². The van der Waals surface area contributed by atoms with Crippen LogP contribution in [-0.4, -0.2) is 24.9 Å². The average Bonchev–Trinajstić information content (AvgIpc) is 3.08. The number of benzene rings is 2. The van der Waals surface area contributed by atoms with Crippen LogP contribution < -0.4 is 10.6 Å². The van der Waals surface area contributed by atoms with Crippen LogP contribution in [0.4, 0.5) is 0 Å². The minimum atomic E-state index is -0.305. The summed E-state index contributed by atoms with van der Waals surface area (Å²) in [6, 6.07) is 22.2. The molecular formula is C24H26N2O3. The summed E-state index contributed by atoms with van der Waals surface area (Å²) in [6.45, 7) is 3.97. The zero-order valence-corrected chi connectivity index (χ0v) is 16.8. The molecule has 0 aliphatic carbocycles. The van der Waals surface area contributed by atoms with Crippen molar-refractivity contribution in [2.45, 2.75) is 26.2 Å². The molecule has 150 valence electrons. The maximum atomic E-state index is 12.2. The van der Waals surface area contributed by atoms with Crippen LogP contribution in [0.5, 0.6) is 0 Å². The number of aryl methyl sites for hydroxylation is 2. The zero-order valence-electron chi connectivity index (χ0n) is 16.8. The highest BCUT2D eigenvalue weighted by Gasteiger charge is 2.16. The Labute approximate surface area is 171 Å². The minimum Gasteiger partial charge on any atom is -0.466 e. The van der Waals surface area contributed by atoms with Gasteiger partial charge in [-0.05, 0) is 37.5 Å². The summed E-state index contributed by atoms with van der Waals surface area (Å²) in [5.41, 5.74) is 2.89. The highest BCUT2D eigenvalue weighted by Crippen LogP contribution is 2.27. The average molecular weight is 390 g/mol. The van der Waals surface area contributed by atoms with Gasteiger partial charge in [0.15, 0.2) is 0 Å². The highest BCUT2D eigenvalue weighted by molar-refractivity contribution is 5.97. The lowest BCUT2D eigenvalue weighted by molar-refractivity contribution is -0.120. The molecule has 1 aromatic heterocycles. The standard InChI is InChI=1S/C24H26N2O3/c1-17-15-22(18(2)29-17)24(28)26-16-23(27)25-14-13-21(19-9-5-3-6-10-19)20-11-7-4-8-12-20/h3-12,15,21H,13-14,16H2,1-2H3,(H,25,27)(H,26,28). The molecule has 29 heavy (non-hydrogen) atoms. The van der Waals surface area contributed by atoms with Crippen LogP contribution in [0.3, 0.4) is 0 Å². The summed E-state index contributed by atoms with van der Waals surface area (Å²) >= 11 is 0. The first kappa shape index (κ1) is 20.4. The van der Waals surface area contributed by atoms with E-state index in [1.807, 2.05) is 36.4 Å². The summed E-state index contributed by atoms with van der Waals surface area (Å²) in [6.07, 6.45) is 0.772.